The molecule has 3 rings (SSSR count). The average Bonchev–Trinajstić information content (AvgIpc) is 2.75. The first kappa shape index (κ1) is 13.3. The lowest BCUT2D eigenvalue weighted by Gasteiger charge is -2.30. The quantitative estimate of drug-likeness (QED) is 0.914. The molecule has 1 aliphatic rings. The zero-order valence-corrected chi connectivity index (χ0v) is 12.0. The lowest BCUT2D eigenvalue weighted by atomic mass is 9.76. The first-order valence-corrected chi connectivity index (χ1v) is 7.36. The van der Waals surface area contributed by atoms with Gasteiger partial charge >= 0.3 is 0 Å². The second-order valence-electron chi connectivity index (χ2n) is 6.19. The molecule has 108 valence electrons. The molecular formula is C15H21FN4. The van der Waals surface area contributed by atoms with Crippen LogP contribution >= 0.6 is 0 Å². The molecule has 5 heteroatoms. The van der Waals surface area contributed by atoms with Crippen molar-refractivity contribution in [3.8, 4) is 0 Å². The Morgan fingerprint density at radius 1 is 1.30 bits per heavy atom. The minimum absolute atomic E-state index is 0.185. The highest BCUT2D eigenvalue weighted by molar-refractivity contribution is 5.50. The van der Waals surface area contributed by atoms with Crippen LogP contribution in [0, 0.1) is 17.7 Å². The number of aromatic nitrogens is 3. The van der Waals surface area contributed by atoms with E-state index in [4.69, 9.17) is 5.73 Å². The Hall–Kier alpha value is -1.65. The van der Waals surface area contributed by atoms with Crippen LogP contribution in [0.4, 0.5) is 10.3 Å². The van der Waals surface area contributed by atoms with E-state index >= 15 is 0 Å². The van der Waals surface area contributed by atoms with Crippen LogP contribution in [0.25, 0.3) is 5.52 Å². The molecule has 0 atom stereocenters. The molecule has 0 bridgehead atoms. The molecular weight excluding hydrogens is 255 g/mol. The fraction of sp³-hybridized carbons (Fsp3) is 0.600. The average molecular weight is 276 g/mol. The number of nitrogens with two attached hydrogens (primary N) is 1. The summed E-state index contributed by atoms with van der Waals surface area (Å²) in [5.74, 6) is 1.82. The molecule has 1 saturated carbocycles. The lowest BCUT2D eigenvalue weighted by Crippen LogP contribution is -2.19. The summed E-state index contributed by atoms with van der Waals surface area (Å²) in [5, 5.41) is 4.17. The molecule has 20 heavy (non-hydrogen) atoms. The smallest absolute Gasteiger partial charge is 0.238 e. The zero-order chi connectivity index (χ0) is 14.3. The van der Waals surface area contributed by atoms with Crippen molar-refractivity contribution >= 4 is 11.5 Å². The standard InChI is InChI=1S/C15H21FN4/c1-9(2)10-3-5-11(6-4-10)13-7-12(16)14-8-18-15(17)19-20(13)14/h7-11H,3-6H2,1-2H3,(H2,17,19). The largest absolute Gasteiger partial charge is 0.367 e. The number of nitrogens with zero attached hydrogens (tertiary/aromatic N) is 3. The van der Waals surface area contributed by atoms with E-state index in [1.165, 1.54) is 19.0 Å². The Balaban J connectivity index is 1.90. The summed E-state index contributed by atoms with van der Waals surface area (Å²) in [7, 11) is 0. The van der Waals surface area contributed by atoms with Gasteiger partial charge in [-0.1, -0.05) is 13.8 Å². The monoisotopic (exact) mass is 276 g/mol. The van der Waals surface area contributed by atoms with E-state index in [0.717, 1.165) is 30.4 Å². The Labute approximate surface area is 118 Å². The van der Waals surface area contributed by atoms with E-state index in [9.17, 15) is 4.39 Å². The normalized spacial score (nSPS) is 23.6. The number of hydrogen-bond donors (Lipinski definition) is 1. The molecule has 2 heterocycles. The summed E-state index contributed by atoms with van der Waals surface area (Å²) in [5.41, 5.74) is 6.98. The first-order valence-electron chi connectivity index (χ1n) is 7.36. The van der Waals surface area contributed by atoms with Gasteiger partial charge in [-0.3, -0.25) is 0 Å². The Kier molecular flexibility index (Phi) is 3.36. The summed E-state index contributed by atoms with van der Waals surface area (Å²) in [6.45, 7) is 4.57. The Morgan fingerprint density at radius 2 is 2.00 bits per heavy atom. The molecule has 0 saturated heterocycles. The van der Waals surface area contributed by atoms with Gasteiger partial charge < -0.3 is 5.73 Å². The minimum atomic E-state index is -0.258. The van der Waals surface area contributed by atoms with Crippen molar-refractivity contribution in [2.75, 3.05) is 5.73 Å². The molecule has 2 aromatic heterocycles. The van der Waals surface area contributed by atoms with Gasteiger partial charge in [0.1, 0.15) is 5.52 Å². The summed E-state index contributed by atoms with van der Waals surface area (Å²) >= 11 is 0. The number of halogens is 1. The van der Waals surface area contributed by atoms with Gasteiger partial charge in [0.2, 0.25) is 5.95 Å². The van der Waals surface area contributed by atoms with Crippen molar-refractivity contribution in [3.63, 3.8) is 0 Å². The van der Waals surface area contributed by atoms with Crippen molar-refractivity contribution in [2.45, 2.75) is 45.4 Å². The Bertz CT molecular complexity index is 612. The summed E-state index contributed by atoms with van der Waals surface area (Å²) in [6.07, 6.45) is 6.06. The van der Waals surface area contributed by atoms with Gasteiger partial charge in [-0.2, -0.15) is 0 Å². The molecule has 0 aliphatic heterocycles. The van der Waals surface area contributed by atoms with E-state index in [0.29, 0.717) is 11.4 Å². The molecule has 2 N–H and O–H groups in total. The van der Waals surface area contributed by atoms with Gasteiger partial charge in [0, 0.05) is 11.6 Å². The van der Waals surface area contributed by atoms with E-state index in [1.807, 2.05) is 0 Å². The molecule has 0 spiro atoms. The second-order valence-corrected chi connectivity index (χ2v) is 6.19. The molecule has 4 nitrogen and oxygen atoms in total. The Morgan fingerprint density at radius 3 is 2.65 bits per heavy atom. The molecule has 0 radical (unpaired) electrons. The fourth-order valence-electron chi connectivity index (χ4n) is 3.36. The zero-order valence-electron chi connectivity index (χ0n) is 12.0. The summed E-state index contributed by atoms with van der Waals surface area (Å²) in [6, 6.07) is 1.60. The predicted molar refractivity (Wildman–Crippen MR) is 76.9 cm³/mol. The van der Waals surface area contributed by atoms with Gasteiger partial charge in [-0.15, -0.1) is 5.10 Å². The van der Waals surface area contributed by atoms with E-state index < -0.39 is 0 Å². The van der Waals surface area contributed by atoms with E-state index in [-0.39, 0.29) is 11.8 Å². The van der Waals surface area contributed by atoms with Crippen LogP contribution in [0.15, 0.2) is 12.3 Å². The van der Waals surface area contributed by atoms with E-state index in [2.05, 4.69) is 23.9 Å². The first-order chi connectivity index (χ1) is 9.56. The minimum Gasteiger partial charge on any atom is -0.367 e. The van der Waals surface area contributed by atoms with Crippen molar-refractivity contribution in [1.29, 1.82) is 0 Å². The van der Waals surface area contributed by atoms with Crippen molar-refractivity contribution < 1.29 is 4.39 Å². The highest BCUT2D eigenvalue weighted by Gasteiger charge is 2.27. The topological polar surface area (TPSA) is 56.2 Å². The maximum atomic E-state index is 14.0. The fourth-order valence-corrected chi connectivity index (χ4v) is 3.36. The van der Waals surface area contributed by atoms with Gasteiger partial charge in [-0.25, -0.2) is 13.9 Å². The van der Waals surface area contributed by atoms with Crippen molar-refractivity contribution in [2.24, 2.45) is 11.8 Å². The van der Waals surface area contributed by atoms with Crippen LogP contribution in [-0.2, 0) is 0 Å². The molecule has 1 fully saturated rings. The van der Waals surface area contributed by atoms with Gasteiger partial charge in [0.05, 0.1) is 6.20 Å². The molecule has 1 aliphatic carbocycles. The summed E-state index contributed by atoms with van der Waals surface area (Å²) in [4.78, 5) is 3.87. The number of fused-ring (bicyclic) bond motifs is 1. The third-order valence-corrected chi connectivity index (χ3v) is 4.65. The second kappa shape index (κ2) is 5.04. The van der Waals surface area contributed by atoms with Crippen LogP contribution in [0.3, 0.4) is 0 Å². The molecule has 0 unspecified atom stereocenters. The van der Waals surface area contributed by atoms with Gasteiger partial charge in [-0.05, 0) is 43.6 Å². The van der Waals surface area contributed by atoms with Crippen molar-refractivity contribution in [3.05, 3.63) is 23.8 Å². The number of nitrogen functional groups attached to an aromatic ring is 1. The third-order valence-electron chi connectivity index (χ3n) is 4.65. The highest BCUT2D eigenvalue weighted by Crippen LogP contribution is 2.39. The van der Waals surface area contributed by atoms with Gasteiger partial charge in [0.25, 0.3) is 0 Å². The number of rotatable bonds is 2. The number of hydrogen-bond acceptors (Lipinski definition) is 3. The molecule has 0 aromatic carbocycles. The molecule has 2 aromatic rings. The predicted octanol–water partition coefficient (Wildman–Crippen LogP) is 3.38. The van der Waals surface area contributed by atoms with Crippen LogP contribution in [0.1, 0.15) is 51.1 Å². The van der Waals surface area contributed by atoms with Crippen LogP contribution in [-0.4, -0.2) is 14.6 Å². The van der Waals surface area contributed by atoms with Crippen LogP contribution < -0.4 is 5.73 Å². The third kappa shape index (κ3) is 2.25. The van der Waals surface area contributed by atoms with Gasteiger partial charge in [0.15, 0.2) is 5.82 Å². The van der Waals surface area contributed by atoms with Crippen LogP contribution in [0.5, 0.6) is 0 Å². The maximum absolute atomic E-state index is 14.0. The lowest BCUT2D eigenvalue weighted by molar-refractivity contribution is 0.256. The van der Waals surface area contributed by atoms with Crippen LogP contribution in [0.2, 0.25) is 0 Å². The van der Waals surface area contributed by atoms with E-state index in [1.54, 1.807) is 10.6 Å². The van der Waals surface area contributed by atoms with Crippen molar-refractivity contribution in [1.82, 2.24) is 14.6 Å². The molecule has 0 amide bonds. The number of anilines is 1. The maximum Gasteiger partial charge on any atom is 0.238 e. The SMILES string of the molecule is CC(C)C1CCC(c2cc(F)c3cnc(N)nn23)CC1. The highest BCUT2D eigenvalue weighted by atomic mass is 19.1. The summed E-state index contributed by atoms with van der Waals surface area (Å²) < 4.78 is 15.6.